The summed E-state index contributed by atoms with van der Waals surface area (Å²) in [5.41, 5.74) is 2.33. The van der Waals surface area contributed by atoms with Crippen molar-refractivity contribution in [1.82, 2.24) is 0 Å². The van der Waals surface area contributed by atoms with E-state index in [2.05, 4.69) is 11.4 Å². The van der Waals surface area contributed by atoms with Crippen LogP contribution in [0.2, 0.25) is 0 Å². The predicted molar refractivity (Wildman–Crippen MR) is 71.0 cm³/mol. The van der Waals surface area contributed by atoms with E-state index in [1.807, 2.05) is 6.07 Å². The molecule has 1 saturated carbocycles. The van der Waals surface area contributed by atoms with E-state index < -0.39 is 0 Å². The zero-order valence-electron chi connectivity index (χ0n) is 10.4. The summed E-state index contributed by atoms with van der Waals surface area (Å²) in [6.45, 7) is 0.868. The molecule has 0 atom stereocenters. The normalized spacial score (nSPS) is 21.1. The quantitative estimate of drug-likeness (QED) is 0.608. The first kappa shape index (κ1) is 11.5. The van der Waals surface area contributed by atoms with Crippen LogP contribution in [-0.2, 0) is 5.41 Å². The summed E-state index contributed by atoms with van der Waals surface area (Å²) in [6, 6.07) is 5.51. The van der Waals surface area contributed by atoms with Crippen molar-refractivity contribution in [3.05, 3.63) is 33.9 Å². The Kier molecular flexibility index (Phi) is 2.73. The Balaban J connectivity index is 2.05. The van der Waals surface area contributed by atoms with Gasteiger partial charge in [0.25, 0.3) is 5.69 Å². The number of fused-ring (bicyclic) bond motifs is 2. The van der Waals surface area contributed by atoms with E-state index in [0.717, 1.165) is 25.1 Å². The Hall–Kier alpha value is -1.58. The van der Waals surface area contributed by atoms with Crippen LogP contribution in [0.5, 0.6) is 0 Å². The zero-order valence-corrected chi connectivity index (χ0v) is 10.4. The summed E-state index contributed by atoms with van der Waals surface area (Å²) in [4.78, 5) is 10.8. The molecule has 1 heterocycles. The third-order valence-electron chi connectivity index (χ3n) is 4.47. The van der Waals surface area contributed by atoms with E-state index in [1.54, 1.807) is 6.07 Å². The molecule has 0 amide bonds. The molecule has 0 unspecified atom stereocenters. The Morgan fingerprint density at radius 1 is 1.17 bits per heavy atom. The van der Waals surface area contributed by atoms with Crippen molar-refractivity contribution in [2.75, 3.05) is 11.9 Å². The van der Waals surface area contributed by atoms with E-state index in [0.29, 0.717) is 0 Å². The molecule has 0 radical (unpaired) electrons. The first-order valence-corrected chi connectivity index (χ1v) is 6.75. The van der Waals surface area contributed by atoms with Crippen molar-refractivity contribution in [2.45, 2.75) is 43.9 Å². The van der Waals surface area contributed by atoms with Gasteiger partial charge in [0.15, 0.2) is 0 Å². The Labute approximate surface area is 107 Å². The lowest BCUT2D eigenvalue weighted by atomic mass is 9.76. The highest BCUT2D eigenvalue weighted by Gasteiger charge is 2.41. The highest BCUT2D eigenvalue weighted by atomic mass is 16.6. The fourth-order valence-electron chi connectivity index (χ4n) is 3.52. The maximum Gasteiger partial charge on any atom is 0.292 e. The third kappa shape index (κ3) is 1.67. The minimum absolute atomic E-state index is 0.151. The fraction of sp³-hybridized carbons (Fsp3) is 0.571. The highest BCUT2D eigenvalue weighted by molar-refractivity contribution is 5.72. The maximum absolute atomic E-state index is 11.1. The highest BCUT2D eigenvalue weighted by Crippen LogP contribution is 2.48. The first-order chi connectivity index (χ1) is 8.73. The van der Waals surface area contributed by atoms with Gasteiger partial charge < -0.3 is 5.32 Å². The van der Waals surface area contributed by atoms with Crippen molar-refractivity contribution in [3.63, 3.8) is 0 Å². The molecule has 1 aliphatic heterocycles. The SMILES string of the molecule is O=[N+]([O-])c1cccc2c1NCC21CCCCCC1. The molecule has 0 aromatic heterocycles. The lowest BCUT2D eigenvalue weighted by Crippen LogP contribution is -2.27. The van der Waals surface area contributed by atoms with Crippen LogP contribution in [0.15, 0.2) is 18.2 Å². The van der Waals surface area contributed by atoms with Crippen LogP contribution < -0.4 is 5.32 Å². The van der Waals surface area contributed by atoms with Gasteiger partial charge in [0.2, 0.25) is 0 Å². The summed E-state index contributed by atoms with van der Waals surface area (Å²) in [7, 11) is 0. The minimum Gasteiger partial charge on any atom is -0.378 e. The summed E-state index contributed by atoms with van der Waals surface area (Å²) >= 11 is 0. The van der Waals surface area contributed by atoms with Crippen LogP contribution in [0.3, 0.4) is 0 Å². The van der Waals surface area contributed by atoms with Crippen molar-refractivity contribution < 1.29 is 4.92 Å². The molecular weight excluding hydrogens is 228 g/mol. The molecule has 4 heteroatoms. The molecule has 1 aliphatic carbocycles. The second-order valence-corrected chi connectivity index (χ2v) is 5.50. The van der Waals surface area contributed by atoms with Crippen LogP contribution in [0.4, 0.5) is 11.4 Å². The predicted octanol–water partition coefficient (Wildman–Crippen LogP) is 3.61. The average Bonchev–Trinajstić information content (AvgIpc) is 2.57. The number of nitro groups is 1. The molecule has 2 aliphatic rings. The van der Waals surface area contributed by atoms with Crippen molar-refractivity contribution in [2.24, 2.45) is 0 Å². The smallest absolute Gasteiger partial charge is 0.292 e. The lowest BCUT2D eigenvalue weighted by molar-refractivity contribution is -0.383. The van der Waals surface area contributed by atoms with Crippen molar-refractivity contribution in [1.29, 1.82) is 0 Å². The summed E-state index contributed by atoms with van der Waals surface area (Å²) < 4.78 is 0. The Morgan fingerprint density at radius 3 is 2.56 bits per heavy atom. The zero-order chi connectivity index (χ0) is 12.6. The molecule has 1 spiro atoms. The number of rotatable bonds is 1. The first-order valence-electron chi connectivity index (χ1n) is 6.75. The maximum atomic E-state index is 11.1. The van der Waals surface area contributed by atoms with Gasteiger partial charge in [0.05, 0.1) is 4.92 Å². The van der Waals surface area contributed by atoms with Gasteiger partial charge in [-0.15, -0.1) is 0 Å². The van der Waals surface area contributed by atoms with Gasteiger partial charge in [0.1, 0.15) is 5.69 Å². The molecule has 0 bridgehead atoms. The molecule has 18 heavy (non-hydrogen) atoms. The summed E-state index contributed by atoms with van der Waals surface area (Å²) in [6.07, 6.45) is 7.40. The third-order valence-corrected chi connectivity index (χ3v) is 4.47. The van der Waals surface area contributed by atoms with E-state index in [-0.39, 0.29) is 16.0 Å². The van der Waals surface area contributed by atoms with E-state index >= 15 is 0 Å². The molecule has 1 N–H and O–H groups in total. The number of anilines is 1. The van der Waals surface area contributed by atoms with Crippen LogP contribution >= 0.6 is 0 Å². The number of para-hydroxylation sites is 1. The molecule has 96 valence electrons. The molecule has 0 saturated heterocycles. The summed E-state index contributed by atoms with van der Waals surface area (Å²) in [5, 5.41) is 14.4. The Morgan fingerprint density at radius 2 is 1.89 bits per heavy atom. The van der Waals surface area contributed by atoms with Gasteiger partial charge >= 0.3 is 0 Å². The van der Waals surface area contributed by atoms with Gasteiger partial charge in [-0.25, -0.2) is 0 Å². The molecule has 3 rings (SSSR count). The molecular formula is C14H18N2O2. The van der Waals surface area contributed by atoms with Crippen LogP contribution in [-0.4, -0.2) is 11.5 Å². The number of nitro benzene ring substituents is 1. The van der Waals surface area contributed by atoms with Crippen LogP contribution in [0, 0.1) is 10.1 Å². The molecule has 1 fully saturated rings. The van der Waals surface area contributed by atoms with E-state index in [4.69, 9.17) is 0 Å². The van der Waals surface area contributed by atoms with Crippen molar-refractivity contribution in [3.8, 4) is 0 Å². The van der Waals surface area contributed by atoms with Crippen LogP contribution in [0.1, 0.15) is 44.1 Å². The minimum atomic E-state index is -0.276. The topological polar surface area (TPSA) is 55.2 Å². The van der Waals surface area contributed by atoms with Gasteiger partial charge in [-0.2, -0.15) is 0 Å². The number of nitrogens with zero attached hydrogens (tertiary/aromatic N) is 1. The number of hydrogen-bond donors (Lipinski definition) is 1. The van der Waals surface area contributed by atoms with Gasteiger partial charge in [0, 0.05) is 18.0 Å². The van der Waals surface area contributed by atoms with Crippen LogP contribution in [0.25, 0.3) is 0 Å². The number of benzene rings is 1. The number of nitrogens with one attached hydrogen (secondary N) is 1. The average molecular weight is 246 g/mol. The standard InChI is InChI=1S/C14H18N2O2/c17-16(18)12-7-5-6-11-13(12)15-10-14(11)8-3-1-2-4-9-14/h5-7,15H,1-4,8-10H2. The van der Waals surface area contributed by atoms with Gasteiger partial charge in [-0.05, 0) is 18.4 Å². The van der Waals surface area contributed by atoms with Crippen molar-refractivity contribution >= 4 is 11.4 Å². The van der Waals surface area contributed by atoms with Gasteiger partial charge in [-0.3, -0.25) is 10.1 Å². The van der Waals surface area contributed by atoms with E-state index in [9.17, 15) is 10.1 Å². The second-order valence-electron chi connectivity index (χ2n) is 5.50. The van der Waals surface area contributed by atoms with Gasteiger partial charge in [-0.1, -0.05) is 37.8 Å². The molecule has 4 nitrogen and oxygen atoms in total. The largest absolute Gasteiger partial charge is 0.378 e. The second kappa shape index (κ2) is 4.26. The van der Waals surface area contributed by atoms with E-state index in [1.165, 1.54) is 31.2 Å². The monoisotopic (exact) mass is 246 g/mol. The lowest BCUT2D eigenvalue weighted by Gasteiger charge is -2.27. The summed E-state index contributed by atoms with van der Waals surface area (Å²) in [5.74, 6) is 0. The molecule has 1 aromatic rings. The Bertz CT molecular complexity index is 477. The fourth-order valence-corrected chi connectivity index (χ4v) is 3.52. The molecule has 1 aromatic carbocycles. The number of hydrogen-bond acceptors (Lipinski definition) is 3.